The maximum atomic E-state index is 12.9. The highest BCUT2D eigenvalue weighted by Gasteiger charge is 2.32. The van der Waals surface area contributed by atoms with Gasteiger partial charge in [-0.2, -0.15) is 0 Å². The van der Waals surface area contributed by atoms with Crippen molar-refractivity contribution in [3.8, 4) is 5.75 Å². The second kappa shape index (κ2) is 11.9. The normalized spacial score (nSPS) is 23.6. The number of piperidine rings is 1. The number of piperazine rings is 1. The summed E-state index contributed by atoms with van der Waals surface area (Å²) in [4.78, 5) is 29.1. The van der Waals surface area contributed by atoms with Crippen molar-refractivity contribution in [2.75, 3.05) is 64.4 Å². The van der Waals surface area contributed by atoms with E-state index in [0.717, 1.165) is 74.8 Å². The van der Waals surface area contributed by atoms with Crippen LogP contribution in [0.1, 0.15) is 18.4 Å². The van der Waals surface area contributed by atoms with E-state index in [1.165, 1.54) is 18.4 Å². The zero-order valence-electron chi connectivity index (χ0n) is 22.8. The largest absolute Gasteiger partial charge is 0.493 e. The van der Waals surface area contributed by atoms with Crippen LogP contribution in [0, 0.1) is 11.8 Å². The van der Waals surface area contributed by atoms with Gasteiger partial charge in [0.2, 0.25) is 5.91 Å². The molecule has 0 spiro atoms. The summed E-state index contributed by atoms with van der Waals surface area (Å²) >= 11 is 0. The molecule has 3 aliphatic heterocycles. The number of ether oxygens (including phenoxy) is 1. The minimum absolute atomic E-state index is 0.0480. The van der Waals surface area contributed by atoms with Crippen LogP contribution in [-0.2, 0) is 11.2 Å². The SMILES string of the molecule is CN1CCC(COc2ccc3ncnc(N4CCN(C5NCC(Cc6ccccc6)C(=O)N5)CC4)c3c2)CC1. The molecule has 2 N–H and O–H groups in total. The summed E-state index contributed by atoms with van der Waals surface area (Å²) < 4.78 is 6.23. The van der Waals surface area contributed by atoms with E-state index in [4.69, 9.17) is 4.74 Å². The third-order valence-electron chi connectivity index (χ3n) is 8.42. The lowest BCUT2D eigenvalue weighted by Gasteiger charge is -2.42. The topological polar surface area (TPSA) is 85.9 Å². The molecule has 6 rings (SSSR count). The molecule has 0 saturated carbocycles. The van der Waals surface area contributed by atoms with Crippen molar-refractivity contribution >= 4 is 22.6 Å². The molecule has 206 valence electrons. The molecule has 2 aromatic carbocycles. The quantitative estimate of drug-likeness (QED) is 0.483. The summed E-state index contributed by atoms with van der Waals surface area (Å²) in [6, 6.07) is 16.4. The molecule has 9 nitrogen and oxygen atoms in total. The van der Waals surface area contributed by atoms with E-state index in [9.17, 15) is 4.79 Å². The summed E-state index contributed by atoms with van der Waals surface area (Å²) in [6.45, 7) is 7.05. The zero-order valence-corrected chi connectivity index (χ0v) is 22.8. The van der Waals surface area contributed by atoms with Crippen LogP contribution in [0.4, 0.5) is 5.82 Å². The van der Waals surface area contributed by atoms with Gasteiger partial charge in [0.15, 0.2) is 0 Å². The molecular weight excluding hydrogens is 490 g/mol. The molecule has 3 aliphatic rings. The van der Waals surface area contributed by atoms with E-state index in [2.05, 4.69) is 60.5 Å². The van der Waals surface area contributed by atoms with Crippen molar-refractivity contribution in [3.05, 3.63) is 60.4 Å². The van der Waals surface area contributed by atoms with Crippen molar-refractivity contribution in [1.29, 1.82) is 0 Å². The minimum Gasteiger partial charge on any atom is -0.493 e. The Hall–Kier alpha value is -3.27. The van der Waals surface area contributed by atoms with E-state index in [1.807, 2.05) is 30.3 Å². The van der Waals surface area contributed by atoms with Gasteiger partial charge in [-0.15, -0.1) is 0 Å². The van der Waals surface area contributed by atoms with Crippen molar-refractivity contribution in [2.24, 2.45) is 11.8 Å². The second-order valence-corrected chi connectivity index (χ2v) is 11.2. The van der Waals surface area contributed by atoms with Crippen LogP contribution in [-0.4, -0.2) is 91.4 Å². The Morgan fingerprint density at radius 2 is 1.77 bits per heavy atom. The van der Waals surface area contributed by atoms with Gasteiger partial charge in [0.1, 0.15) is 24.2 Å². The number of nitrogens with one attached hydrogen (secondary N) is 2. The van der Waals surface area contributed by atoms with Crippen LogP contribution in [0.3, 0.4) is 0 Å². The number of anilines is 1. The smallest absolute Gasteiger partial charge is 0.226 e. The molecule has 39 heavy (non-hydrogen) atoms. The molecule has 0 bridgehead atoms. The van der Waals surface area contributed by atoms with Crippen LogP contribution in [0.2, 0.25) is 0 Å². The number of carbonyl (C=O) groups excluding carboxylic acids is 1. The molecule has 1 amide bonds. The van der Waals surface area contributed by atoms with Gasteiger partial charge in [0.05, 0.1) is 18.0 Å². The molecule has 2 unspecified atom stereocenters. The number of benzene rings is 2. The molecular formula is C30H39N7O2. The first-order valence-electron chi connectivity index (χ1n) is 14.3. The highest BCUT2D eigenvalue weighted by molar-refractivity contribution is 5.90. The van der Waals surface area contributed by atoms with E-state index in [0.29, 0.717) is 12.5 Å². The number of nitrogens with zero attached hydrogens (tertiary/aromatic N) is 5. The maximum absolute atomic E-state index is 12.9. The number of hydrogen-bond donors (Lipinski definition) is 2. The summed E-state index contributed by atoms with van der Waals surface area (Å²) in [5.74, 6) is 2.52. The third kappa shape index (κ3) is 6.16. The van der Waals surface area contributed by atoms with Gasteiger partial charge in [0, 0.05) is 38.1 Å². The zero-order chi connectivity index (χ0) is 26.6. The standard InChI is InChI=1S/C30H39N7O2/c1-35-11-9-23(10-12-35)20-39-25-7-8-27-26(18-25)28(33-21-32-27)36-13-15-37(16-14-36)30-31-19-24(29(38)34-30)17-22-5-3-2-4-6-22/h2-8,18,21,23-24,30-31H,9-17,19-20H2,1H3,(H,34,38). The van der Waals surface area contributed by atoms with Crippen LogP contribution in [0.25, 0.3) is 10.9 Å². The highest BCUT2D eigenvalue weighted by Crippen LogP contribution is 2.29. The van der Waals surface area contributed by atoms with E-state index in [1.54, 1.807) is 6.33 Å². The van der Waals surface area contributed by atoms with Crippen LogP contribution < -0.4 is 20.3 Å². The Kier molecular flexibility index (Phi) is 7.90. The maximum Gasteiger partial charge on any atom is 0.226 e. The Morgan fingerprint density at radius 1 is 0.974 bits per heavy atom. The molecule has 0 aliphatic carbocycles. The minimum atomic E-state index is -0.131. The monoisotopic (exact) mass is 529 g/mol. The lowest BCUT2D eigenvalue weighted by atomic mass is 9.97. The molecule has 1 aromatic heterocycles. The van der Waals surface area contributed by atoms with Gasteiger partial charge in [-0.3, -0.25) is 15.0 Å². The van der Waals surface area contributed by atoms with Crippen LogP contribution in [0.5, 0.6) is 5.75 Å². The van der Waals surface area contributed by atoms with Crippen molar-refractivity contribution in [3.63, 3.8) is 0 Å². The van der Waals surface area contributed by atoms with Gasteiger partial charge in [-0.05, 0) is 69.1 Å². The van der Waals surface area contributed by atoms with Gasteiger partial charge in [-0.1, -0.05) is 30.3 Å². The number of aromatic nitrogens is 2. The number of fused-ring (bicyclic) bond motifs is 1. The third-order valence-corrected chi connectivity index (χ3v) is 8.42. The Balaban J connectivity index is 1.05. The first kappa shape index (κ1) is 26.0. The summed E-state index contributed by atoms with van der Waals surface area (Å²) in [5, 5.41) is 7.79. The number of amides is 1. The molecule has 4 heterocycles. The number of hydrogen-bond acceptors (Lipinski definition) is 8. The van der Waals surface area contributed by atoms with E-state index in [-0.39, 0.29) is 18.1 Å². The fourth-order valence-electron chi connectivity index (χ4n) is 5.93. The van der Waals surface area contributed by atoms with Gasteiger partial charge in [0.25, 0.3) is 0 Å². The van der Waals surface area contributed by atoms with E-state index < -0.39 is 0 Å². The molecule has 0 radical (unpaired) electrons. The molecule has 3 saturated heterocycles. The fraction of sp³-hybridized carbons (Fsp3) is 0.500. The summed E-state index contributed by atoms with van der Waals surface area (Å²) in [7, 11) is 2.19. The number of rotatable bonds is 7. The first-order valence-corrected chi connectivity index (χ1v) is 14.3. The average molecular weight is 530 g/mol. The van der Waals surface area contributed by atoms with Crippen molar-refractivity contribution in [1.82, 2.24) is 30.4 Å². The van der Waals surface area contributed by atoms with Gasteiger partial charge >= 0.3 is 0 Å². The lowest BCUT2D eigenvalue weighted by Crippen LogP contribution is -2.66. The van der Waals surface area contributed by atoms with Crippen molar-refractivity contribution < 1.29 is 9.53 Å². The average Bonchev–Trinajstić information content (AvgIpc) is 2.98. The van der Waals surface area contributed by atoms with Gasteiger partial charge in [-0.25, -0.2) is 9.97 Å². The number of likely N-dealkylation sites (tertiary alicyclic amines) is 1. The predicted molar refractivity (Wildman–Crippen MR) is 153 cm³/mol. The summed E-state index contributed by atoms with van der Waals surface area (Å²) in [6.07, 6.45) is 4.65. The van der Waals surface area contributed by atoms with Crippen LogP contribution >= 0.6 is 0 Å². The Bertz CT molecular complexity index is 1260. The van der Waals surface area contributed by atoms with Gasteiger partial charge < -0.3 is 19.9 Å². The first-order chi connectivity index (χ1) is 19.1. The summed E-state index contributed by atoms with van der Waals surface area (Å²) in [5.41, 5.74) is 2.12. The van der Waals surface area contributed by atoms with Crippen LogP contribution in [0.15, 0.2) is 54.9 Å². The molecule has 3 aromatic rings. The van der Waals surface area contributed by atoms with E-state index >= 15 is 0 Å². The highest BCUT2D eigenvalue weighted by atomic mass is 16.5. The Labute approximate surface area is 230 Å². The molecule has 3 fully saturated rings. The molecule has 2 atom stereocenters. The Morgan fingerprint density at radius 3 is 2.54 bits per heavy atom. The van der Waals surface area contributed by atoms with Crippen molar-refractivity contribution in [2.45, 2.75) is 25.6 Å². The lowest BCUT2D eigenvalue weighted by molar-refractivity contribution is -0.130. The number of carbonyl (C=O) groups is 1. The molecule has 9 heteroatoms. The predicted octanol–water partition coefficient (Wildman–Crippen LogP) is 2.33. The second-order valence-electron chi connectivity index (χ2n) is 11.2. The fourth-order valence-corrected chi connectivity index (χ4v) is 5.93.